The minimum Gasteiger partial charge on any atom is -0.472 e. The van der Waals surface area contributed by atoms with Crippen LogP contribution in [0, 0.1) is 0 Å². The maximum atomic E-state index is 12.4. The quantitative estimate of drug-likeness (QED) is 0.668. The molecule has 1 aliphatic rings. The van der Waals surface area contributed by atoms with Crippen molar-refractivity contribution >= 4 is 17.6 Å². The van der Waals surface area contributed by atoms with E-state index < -0.39 is 18.1 Å². The number of benzene rings is 1. The Labute approximate surface area is 169 Å². The summed E-state index contributed by atoms with van der Waals surface area (Å²) in [6.45, 7) is 1.91. The lowest BCUT2D eigenvalue weighted by Crippen LogP contribution is -2.24. The third-order valence-corrected chi connectivity index (χ3v) is 4.90. The van der Waals surface area contributed by atoms with Crippen LogP contribution in [0.15, 0.2) is 18.2 Å². The van der Waals surface area contributed by atoms with Gasteiger partial charge >= 0.3 is 12.3 Å². The van der Waals surface area contributed by atoms with E-state index >= 15 is 0 Å². The second kappa shape index (κ2) is 8.89. The Morgan fingerprint density at radius 1 is 1.28 bits per heavy atom. The summed E-state index contributed by atoms with van der Waals surface area (Å²) in [5.41, 5.74) is 0.914. The molecule has 1 saturated carbocycles. The minimum atomic E-state index is -4.79. The molecule has 1 heterocycles. The molecule has 1 aromatic heterocycles. The van der Waals surface area contributed by atoms with Gasteiger partial charge in [0, 0.05) is 0 Å². The lowest BCUT2D eigenvalue weighted by Gasteiger charge is -2.29. The minimum absolute atomic E-state index is 0.0704. The van der Waals surface area contributed by atoms with E-state index in [9.17, 15) is 18.0 Å². The Hall–Kier alpha value is -2.49. The summed E-state index contributed by atoms with van der Waals surface area (Å²) >= 11 is 5.94. The van der Waals surface area contributed by atoms with E-state index in [4.69, 9.17) is 21.1 Å². The van der Waals surface area contributed by atoms with Crippen LogP contribution in [0.5, 0.6) is 11.6 Å². The molecule has 0 amide bonds. The van der Waals surface area contributed by atoms with E-state index in [1.165, 1.54) is 12.1 Å². The second-order valence-corrected chi connectivity index (χ2v) is 6.95. The van der Waals surface area contributed by atoms with Crippen LogP contribution in [0.3, 0.4) is 0 Å². The molecule has 29 heavy (non-hydrogen) atoms. The van der Waals surface area contributed by atoms with Crippen LogP contribution in [0.25, 0.3) is 0 Å². The molecule has 11 heteroatoms. The summed E-state index contributed by atoms with van der Waals surface area (Å²) in [5, 5.41) is 9.77. The van der Waals surface area contributed by atoms with Crippen LogP contribution >= 0.6 is 11.6 Å². The molecule has 0 saturated heterocycles. The lowest BCUT2D eigenvalue weighted by atomic mass is 9.83. The molecule has 0 spiro atoms. The molecule has 158 valence electrons. The standard InChI is InChI=1S/C18H19ClF3N3O4/c1-2-27-17(26)15-16(24-25-23-15)28-12-6-3-10(4-7-12)11-5-8-14(13(19)9-11)29-18(20,21)22/h5,8-10,12H,2-4,6-7H2,1H3,(H,23,24,25). The number of aromatic amines is 1. The molecule has 0 radical (unpaired) electrons. The number of carbonyl (C=O) groups excluding carboxylic acids is 1. The van der Waals surface area contributed by atoms with Gasteiger partial charge in [-0.15, -0.1) is 13.2 Å². The number of ether oxygens (including phenoxy) is 3. The Morgan fingerprint density at radius 2 is 2.00 bits per heavy atom. The Balaban J connectivity index is 1.58. The van der Waals surface area contributed by atoms with Crippen molar-refractivity contribution in [2.24, 2.45) is 0 Å². The lowest BCUT2D eigenvalue weighted by molar-refractivity contribution is -0.274. The number of nitrogens with one attached hydrogen (secondary N) is 1. The molecular weight excluding hydrogens is 415 g/mol. The summed E-state index contributed by atoms with van der Waals surface area (Å²) < 4.78 is 51.7. The molecule has 3 rings (SSSR count). The summed E-state index contributed by atoms with van der Waals surface area (Å²) in [6.07, 6.45) is -2.10. The van der Waals surface area contributed by atoms with Gasteiger partial charge in [0.25, 0.3) is 5.88 Å². The van der Waals surface area contributed by atoms with Crippen molar-refractivity contribution in [3.63, 3.8) is 0 Å². The predicted molar refractivity (Wildman–Crippen MR) is 96.1 cm³/mol. The fraction of sp³-hybridized carbons (Fsp3) is 0.500. The third kappa shape index (κ3) is 5.53. The van der Waals surface area contributed by atoms with Crippen molar-refractivity contribution in [3.05, 3.63) is 34.5 Å². The largest absolute Gasteiger partial charge is 0.573 e. The first-order valence-electron chi connectivity index (χ1n) is 9.06. The number of esters is 1. The predicted octanol–water partition coefficient (Wildman–Crippen LogP) is 4.64. The van der Waals surface area contributed by atoms with E-state index in [2.05, 4.69) is 20.1 Å². The monoisotopic (exact) mass is 433 g/mol. The molecule has 2 aromatic rings. The van der Waals surface area contributed by atoms with E-state index in [1.807, 2.05) is 0 Å². The van der Waals surface area contributed by atoms with E-state index in [0.717, 1.165) is 18.4 Å². The number of H-pyrrole nitrogens is 1. The van der Waals surface area contributed by atoms with Crippen LogP contribution in [-0.4, -0.2) is 40.5 Å². The first-order chi connectivity index (χ1) is 13.8. The number of hydrogen-bond donors (Lipinski definition) is 1. The van der Waals surface area contributed by atoms with Crippen molar-refractivity contribution in [2.45, 2.75) is 51.0 Å². The average Bonchev–Trinajstić information content (AvgIpc) is 3.11. The number of carbonyl (C=O) groups is 1. The molecule has 7 nitrogen and oxygen atoms in total. The number of nitrogens with zero attached hydrogens (tertiary/aromatic N) is 2. The van der Waals surface area contributed by atoms with Gasteiger partial charge in [0.1, 0.15) is 11.9 Å². The highest BCUT2D eigenvalue weighted by atomic mass is 35.5. The number of aromatic nitrogens is 3. The normalized spacial score (nSPS) is 19.6. The first kappa shape index (κ1) is 21.2. The van der Waals surface area contributed by atoms with Gasteiger partial charge < -0.3 is 14.2 Å². The molecule has 1 aromatic carbocycles. The molecule has 0 unspecified atom stereocenters. The smallest absolute Gasteiger partial charge is 0.472 e. The van der Waals surface area contributed by atoms with Crippen molar-refractivity contribution in [1.29, 1.82) is 0 Å². The van der Waals surface area contributed by atoms with Crippen LogP contribution in [-0.2, 0) is 4.74 Å². The fourth-order valence-electron chi connectivity index (χ4n) is 3.29. The highest BCUT2D eigenvalue weighted by molar-refractivity contribution is 6.32. The maximum absolute atomic E-state index is 12.4. The highest BCUT2D eigenvalue weighted by Crippen LogP contribution is 2.38. The van der Waals surface area contributed by atoms with E-state index in [0.29, 0.717) is 12.8 Å². The van der Waals surface area contributed by atoms with Crippen molar-refractivity contribution in [2.75, 3.05) is 6.61 Å². The summed E-state index contributed by atoms with van der Waals surface area (Å²) in [4.78, 5) is 11.8. The zero-order valence-corrected chi connectivity index (χ0v) is 16.2. The fourth-order valence-corrected chi connectivity index (χ4v) is 3.51. The zero-order chi connectivity index (χ0) is 21.0. The molecule has 1 aliphatic carbocycles. The Bertz CT molecular complexity index is 851. The number of alkyl halides is 3. The molecular formula is C18H19ClF3N3O4. The van der Waals surface area contributed by atoms with Gasteiger partial charge in [-0.25, -0.2) is 9.89 Å². The highest BCUT2D eigenvalue weighted by Gasteiger charge is 2.32. The summed E-state index contributed by atoms with van der Waals surface area (Å²) in [6, 6.07) is 4.33. The second-order valence-electron chi connectivity index (χ2n) is 6.54. The average molecular weight is 434 g/mol. The Morgan fingerprint density at radius 3 is 2.62 bits per heavy atom. The van der Waals surface area contributed by atoms with E-state index in [-0.39, 0.29) is 35.2 Å². The van der Waals surface area contributed by atoms with Crippen LogP contribution < -0.4 is 9.47 Å². The third-order valence-electron chi connectivity index (χ3n) is 4.60. The van der Waals surface area contributed by atoms with Gasteiger partial charge in [0.05, 0.1) is 11.6 Å². The van der Waals surface area contributed by atoms with Gasteiger partial charge in [-0.05, 0) is 56.2 Å². The topological polar surface area (TPSA) is 86.3 Å². The summed E-state index contributed by atoms with van der Waals surface area (Å²) in [7, 11) is 0. The molecule has 0 aliphatic heterocycles. The maximum Gasteiger partial charge on any atom is 0.573 e. The van der Waals surface area contributed by atoms with E-state index in [1.54, 1.807) is 13.0 Å². The first-order valence-corrected chi connectivity index (χ1v) is 9.44. The van der Waals surface area contributed by atoms with Crippen LogP contribution in [0.2, 0.25) is 5.02 Å². The van der Waals surface area contributed by atoms with Crippen molar-refractivity contribution < 1.29 is 32.2 Å². The summed E-state index contributed by atoms with van der Waals surface area (Å²) in [5.74, 6) is -0.771. The van der Waals surface area contributed by atoms with Gasteiger partial charge in [-0.2, -0.15) is 0 Å². The zero-order valence-electron chi connectivity index (χ0n) is 15.5. The van der Waals surface area contributed by atoms with Gasteiger partial charge in [0.15, 0.2) is 0 Å². The van der Waals surface area contributed by atoms with Gasteiger partial charge in [-0.1, -0.05) is 28.0 Å². The SMILES string of the molecule is CCOC(=O)c1[nH]nnc1OC1CCC(c2ccc(OC(F)(F)F)c(Cl)c2)CC1. The number of halogens is 4. The van der Waals surface area contributed by atoms with Gasteiger partial charge in [-0.3, -0.25) is 0 Å². The van der Waals surface area contributed by atoms with Crippen molar-refractivity contribution in [3.8, 4) is 11.6 Å². The molecule has 1 N–H and O–H groups in total. The Kier molecular flexibility index (Phi) is 6.51. The molecule has 0 atom stereocenters. The van der Waals surface area contributed by atoms with Crippen molar-refractivity contribution in [1.82, 2.24) is 15.4 Å². The molecule has 1 fully saturated rings. The van der Waals surface area contributed by atoms with Crippen LogP contribution in [0.1, 0.15) is 54.6 Å². The number of rotatable bonds is 6. The molecule has 0 bridgehead atoms. The number of hydrogen-bond acceptors (Lipinski definition) is 6. The van der Waals surface area contributed by atoms with Crippen LogP contribution in [0.4, 0.5) is 13.2 Å². The van der Waals surface area contributed by atoms with Gasteiger partial charge in [0.2, 0.25) is 5.69 Å².